The van der Waals surface area contributed by atoms with Crippen molar-refractivity contribution in [3.8, 4) is 29.0 Å². The molecule has 0 spiro atoms. The zero-order valence-corrected chi connectivity index (χ0v) is 12.5. The second-order valence-corrected chi connectivity index (χ2v) is 4.91. The highest BCUT2D eigenvalue weighted by Crippen LogP contribution is 2.23. The Morgan fingerprint density at radius 2 is 1.83 bits per heavy atom. The van der Waals surface area contributed by atoms with Gasteiger partial charge in [-0.2, -0.15) is 10.4 Å². The number of aryl methyl sites for hydroxylation is 1. The summed E-state index contributed by atoms with van der Waals surface area (Å²) in [5.41, 5.74) is 4.00. The Kier molecular flexibility index (Phi) is 4.09. The molecular weight excluding hydrogens is 284 g/mol. The second kappa shape index (κ2) is 6.51. The summed E-state index contributed by atoms with van der Waals surface area (Å²) in [6.07, 6.45) is 1.58. The van der Waals surface area contributed by atoms with Gasteiger partial charge in [-0.3, -0.25) is 0 Å². The molecule has 23 heavy (non-hydrogen) atoms. The lowest BCUT2D eigenvalue weighted by Crippen LogP contribution is -1.94. The molecule has 0 saturated carbocycles. The maximum Gasteiger partial charge on any atom is 0.226 e. The minimum absolute atomic E-state index is 0.371. The Labute approximate surface area is 134 Å². The number of nitrogens with zero attached hydrogens (tertiary/aromatic N) is 4. The molecule has 2 aromatic carbocycles. The number of hydrogen-bond acceptors (Lipinski definition) is 4. The molecule has 108 valence electrons. The standard InChI is InChI=1S/C19H12N4/c1-14-13-21-23-19(22-14)10-8-15-7-9-18(17(11-15)12-20)16-5-3-2-4-6-16/h2-7,9,11,13H,1H3. The first-order valence-electron chi connectivity index (χ1n) is 7.04. The van der Waals surface area contributed by atoms with E-state index in [9.17, 15) is 5.26 Å². The van der Waals surface area contributed by atoms with E-state index in [2.05, 4.69) is 33.1 Å². The predicted molar refractivity (Wildman–Crippen MR) is 87.1 cm³/mol. The predicted octanol–water partition coefficient (Wildman–Crippen LogP) is 3.12. The SMILES string of the molecule is Cc1cnnc(C#Cc2ccc(-c3ccccc3)c(C#N)c2)n1. The fraction of sp³-hybridized carbons (Fsp3) is 0.0526. The van der Waals surface area contributed by atoms with Crippen molar-refractivity contribution in [2.24, 2.45) is 0 Å². The normalized spacial score (nSPS) is 9.57. The van der Waals surface area contributed by atoms with E-state index in [1.807, 2.05) is 49.4 Å². The van der Waals surface area contributed by atoms with Crippen LogP contribution in [0.15, 0.2) is 54.7 Å². The van der Waals surface area contributed by atoms with Crippen molar-refractivity contribution in [1.82, 2.24) is 15.2 Å². The molecule has 0 atom stereocenters. The zero-order valence-electron chi connectivity index (χ0n) is 12.5. The van der Waals surface area contributed by atoms with Gasteiger partial charge in [-0.15, -0.1) is 5.10 Å². The molecule has 0 fully saturated rings. The van der Waals surface area contributed by atoms with Crippen LogP contribution in [0.25, 0.3) is 11.1 Å². The third-order valence-electron chi connectivity index (χ3n) is 3.22. The van der Waals surface area contributed by atoms with Gasteiger partial charge in [0, 0.05) is 5.56 Å². The maximum atomic E-state index is 9.39. The van der Waals surface area contributed by atoms with Crippen LogP contribution in [0.2, 0.25) is 0 Å². The van der Waals surface area contributed by atoms with Crippen LogP contribution in [0.4, 0.5) is 0 Å². The molecule has 0 radical (unpaired) electrons. The van der Waals surface area contributed by atoms with Gasteiger partial charge in [0.2, 0.25) is 5.82 Å². The van der Waals surface area contributed by atoms with E-state index in [-0.39, 0.29) is 0 Å². The van der Waals surface area contributed by atoms with Crippen LogP contribution in [-0.4, -0.2) is 15.2 Å². The molecule has 0 bridgehead atoms. The van der Waals surface area contributed by atoms with Gasteiger partial charge in [-0.1, -0.05) is 42.3 Å². The largest absolute Gasteiger partial charge is 0.226 e. The Balaban J connectivity index is 1.96. The van der Waals surface area contributed by atoms with Crippen molar-refractivity contribution in [2.75, 3.05) is 0 Å². The van der Waals surface area contributed by atoms with Gasteiger partial charge in [-0.25, -0.2) is 4.98 Å². The molecule has 3 rings (SSSR count). The molecule has 4 heteroatoms. The van der Waals surface area contributed by atoms with Gasteiger partial charge in [0.05, 0.1) is 23.5 Å². The van der Waals surface area contributed by atoms with E-state index < -0.39 is 0 Å². The van der Waals surface area contributed by atoms with E-state index in [1.54, 1.807) is 12.3 Å². The maximum absolute atomic E-state index is 9.39. The van der Waals surface area contributed by atoms with E-state index in [0.717, 1.165) is 22.4 Å². The lowest BCUT2D eigenvalue weighted by Gasteiger charge is -2.04. The van der Waals surface area contributed by atoms with Gasteiger partial charge in [0.1, 0.15) is 0 Å². The van der Waals surface area contributed by atoms with E-state index >= 15 is 0 Å². The summed E-state index contributed by atoms with van der Waals surface area (Å²) in [4.78, 5) is 4.18. The van der Waals surface area contributed by atoms with Crippen molar-refractivity contribution < 1.29 is 0 Å². The Morgan fingerprint density at radius 3 is 2.57 bits per heavy atom. The number of aromatic nitrogens is 3. The summed E-state index contributed by atoms with van der Waals surface area (Å²) < 4.78 is 0. The van der Waals surface area contributed by atoms with Gasteiger partial charge in [-0.05, 0) is 36.1 Å². The van der Waals surface area contributed by atoms with Gasteiger partial charge >= 0.3 is 0 Å². The summed E-state index contributed by atoms with van der Waals surface area (Å²) in [6, 6.07) is 17.6. The van der Waals surface area contributed by atoms with E-state index in [0.29, 0.717) is 11.4 Å². The number of rotatable bonds is 1. The van der Waals surface area contributed by atoms with Crippen LogP contribution in [0.3, 0.4) is 0 Å². The first-order valence-corrected chi connectivity index (χ1v) is 7.04. The summed E-state index contributed by atoms with van der Waals surface area (Å²) in [5.74, 6) is 6.21. The molecule has 3 aromatic rings. The van der Waals surface area contributed by atoms with Gasteiger partial charge < -0.3 is 0 Å². The first kappa shape index (κ1) is 14.4. The summed E-state index contributed by atoms with van der Waals surface area (Å²) in [5, 5.41) is 17.1. The van der Waals surface area contributed by atoms with Crippen LogP contribution in [-0.2, 0) is 0 Å². The van der Waals surface area contributed by atoms with E-state index in [4.69, 9.17) is 0 Å². The summed E-state index contributed by atoms with van der Waals surface area (Å²) >= 11 is 0. The van der Waals surface area contributed by atoms with Crippen molar-refractivity contribution in [3.05, 3.63) is 77.4 Å². The Morgan fingerprint density at radius 1 is 1.00 bits per heavy atom. The van der Waals surface area contributed by atoms with Crippen LogP contribution in [0, 0.1) is 30.1 Å². The molecule has 0 N–H and O–H groups in total. The Hall–Kier alpha value is -3.50. The van der Waals surface area contributed by atoms with Crippen molar-refractivity contribution >= 4 is 0 Å². The summed E-state index contributed by atoms with van der Waals surface area (Å²) in [6.45, 7) is 1.84. The molecule has 4 nitrogen and oxygen atoms in total. The fourth-order valence-corrected chi connectivity index (χ4v) is 2.15. The third-order valence-corrected chi connectivity index (χ3v) is 3.22. The molecule has 0 saturated heterocycles. The molecule has 0 aliphatic carbocycles. The molecule has 1 heterocycles. The van der Waals surface area contributed by atoms with Crippen LogP contribution in [0.1, 0.15) is 22.6 Å². The fourth-order valence-electron chi connectivity index (χ4n) is 2.15. The average molecular weight is 296 g/mol. The molecule has 0 aliphatic rings. The van der Waals surface area contributed by atoms with Crippen LogP contribution >= 0.6 is 0 Å². The molecule has 1 aromatic heterocycles. The summed E-state index contributed by atoms with van der Waals surface area (Å²) in [7, 11) is 0. The quantitative estimate of drug-likeness (QED) is 0.647. The Bertz CT molecular complexity index is 944. The lowest BCUT2D eigenvalue weighted by atomic mass is 9.98. The first-order chi connectivity index (χ1) is 11.3. The van der Waals surface area contributed by atoms with Crippen molar-refractivity contribution in [3.63, 3.8) is 0 Å². The topological polar surface area (TPSA) is 62.5 Å². The number of nitriles is 1. The number of hydrogen-bond donors (Lipinski definition) is 0. The average Bonchev–Trinajstić information content (AvgIpc) is 2.60. The van der Waals surface area contributed by atoms with Gasteiger partial charge in [0.25, 0.3) is 0 Å². The highest BCUT2D eigenvalue weighted by Gasteiger charge is 2.05. The smallest absolute Gasteiger partial charge is 0.223 e. The molecular formula is C19H12N4. The van der Waals surface area contributed by atoms with Crippen molar-refractivity contribution in [1.29, 1.82) is 5.26 Å². The third kappa shape index (κ3) is 3.40. The number of benzene rings is 2. The zero-order chi connectivity index (χ0) is 16.1. The van der Waals surface area contributed by atoms with Crippen LogP contribution in [0.5, 0.6) is 0 Å². The highest BCUT2D eigenvalue weighted by atomic mass is 15.1. The molecule has 0 amide bonds. The monoisotopic (exact) mass is 296 g/mol. The van der Waals surface area contributed by atoms with Crippen LogP contribution < -0.4 is 0 Å². The molecule has 0 unspecified atom stereocenters. The molecule has 0 aliphatic heterocycles. The van der Waals surface area contributed by atoms with Crippen molar-refractivity contribution in [2.45, 2.75) is 6.92 Å². The highest BCUT2D eigenvalue weighted by molar-refractivity contribution is 5.71. The van der Waals surface area contributed by atoms with E-state index in [1.165, 1.54) is 0 Å². The minimum Gasteiger partial charge on any atom is -0.223 e. The van der Waals surface area contributed by atoms with Gasteiger partial charge in [0.15, 0.2) is 0 Å². The minimum atomic E-state index is 0.371. The second-order valence-electron chi connectivity index (χ2n) is 4.91. The lowest BCUT2D eigenvalue weighted by molar-refractivity contribution is 0.918.